The number of nitrogens with two attached hydrogens (primary N) is 1. The first-order valence-electron chi connectivity index (χ1n) is 11.5. The van der Waals surface area contributed by atoms with Crippen LogP contribution in [0, 0.1) is 0 Å². The van der Waals surface area contributed by atoms with Crippen molar-refractivity contribution in [1.29, 1.82) is 0 Å². The van der Waals surface area contributed by atoms with Crippen molar-refractivity contribution in [2.75, 3.05) is 48.8 Å². The van der Waals surface area contributed by atoms with Crippen molar-refractivity contribution >= 4 is 17.6 Å². The zero-order chi connectivity index (χ0) is 22.2. The molecule has 2 aliphatic heterocycles. The van der Waals surface area contributed by atoms with Gasteiger partial charge in [0.2, 0.25) is 5.95 Å². The molecule has 2 N–H and O–H groups in total. The maximum Gasteiger partial charge on any atom is 0.223 e. The highest BCUT2D eigenvalue weighted by molar-refractivity contribution is 5.62. The highest BCUT2D eigenvalue weighted by Crippen LogP contribution is 2.32. The molecule has 1 fully saturated rings. The van der Waals surface area contributed by atoms with Gasteiger partial charge < -0.3 is 20.4 Å². The summed E-state index contributed by atoms with van der Waals surface area (Å²) in [6.45, 7) is 10.0. The second kappa shape index (κ2) is 8.43. The van der Waals surface area contributed by atoms with E-state index in [1.807, 2.05) is 10.9 Å². The minimum absolute atomic E-state index is 0.335. The van der Waals surface area contributed by atoms with Gasteiger partial charge in [-0.25, -0.2) is 0 Å². The van der Waals surface area contributed by atoms with Gasteiger partial charge in [0, 0.05) is 63.1 Å². The molecule has 3 aromatic rings. The number of piperazine rings is 1. The van der Waals surface area contributed by atoms with Crippen molar-refractivity contribution in [2.24, 2.45) is 0 Å². The van der Waals surface area contributed by atoms with Crippen LogP contribution < -0.4 is 15.5 Å². The summed E-state index contributed by atoms with van der Waals surface area (Å²) in [5, 5.41) is 4.68. The maximum absolute atomic E-state index is 6.16. The van der Waals surface area contributed by atoms with Crippen LogP contribution >= 0.6 is 0 Å². The van der Waals surface area contributed by atoms with Gasteiger partial charge in [-0.05, 0) is 50.6 Å². The second-order valence-corrected chi connectivity index (χ2v) is 8.95. The van der Waals surface area contributed by atoms with Crippen molar-refractivity contribution in [3.63, 3.8) is 0 Å². The highest BCUT2D eigenvalue weighted by Gasteiger charge is 2.26. The third kappa shape index (κ3) is 4.02. The summed E-state index contributed by atoms with van der Waals surface area (Å²) in [5.41, 5.74) is 11.1. The molecule has 168 valence electrons. The van der Waals surface area contributed by atoms with E-state index in [2.05, 4.69) is 81.0 Å². The average molecular weight is 433 g/mol. The van der Waals surface area contributed by atoms with E-state index < -0.39 is 0 Å². The van der Waals surface area contributed by atoms with E-state index >= 15 is 0 Å². The summed E-state index contributed by atoms with van der Waals surface area (Å²) in [6.07, 6.45) is 3.01. The van der Waals surface area contributed by atoms with Crippen LogP contribution in [-0.2, 0) is 19.5 Å². The molecular formula is C24H32N8. The molecule has 2 aromatic heterocycles. The third-order valence-electron chi connectivity index (χ3n) is 6.69. The fraction of sp³-hybridized carbons (Fsp3) is 0.458. The van der Waals surface area contributed by atoms with Crippen molar-refractivity contribution < 1.29 is 0 Å². The number of nitrogens with zero attached hydrogens (tertiary/aromatic N) is 7. The lowest BCUT2D eigenvalue weighted by Crippen LogP contribution is -2.45. The van der Waals surface area contributed by atoms with E-state index in [1.54, 1.807) is 0 Å². The van der Waals surface area contributed by atoms with Gasteiger partial charge in [-0.15, -0.1) is 0 Å². The normalized spacial score (nSPS) is 19.3. The van der Waals surface area contributed by atoms with Crippen LogP contribution in [0.2, 0.25) is 0 Å². The Bertz CT molecular complexity index is 1100. The molecule has 0 radical (unpaired) electrons. The molecule has 1 atom stereocenters. The van der Waals surface area contributed by atoms with Crippen molar-refractivity contribution in [3.05, 3.63) is 47.7 Å². The molecule has 4 heterocycles. The number of aromatic nitrogens is 4. The third-order valence-corrected chi connectivity index (χ3v) is 6.69. The standard InChI is InChI=1S/C24H32N8/c1-4-31-8-7-21(28-31)19-6-5-18-13-17(2)32(16-20(18)14-19)23-15-22(26-24(25)27-23)30-11-9-29(3)10-12-30/h5-8,14-15,17H,4,9-13,16H2,1-3H3,(H2,25,26,27). The van der Waals surface area contributed by atoms with Gasteiger partial charge in [0.15, 0.2) is 0 Å². The Kier molecular flexibility index (Phi) is 5.46. The molecule has 0 aliphatic carbocycles. The first kappa shape index (κ1) is 20.8. The maximum atomic E-state index is 6.16. The molecule has 1 saturated heterocycles. The molecule has 1 unspecified atom stereocenters. The van der Waals surface area contributed by atoms with Crippen molar-refractivity contribution in [3.8, 4) is 11.3 Å². The molecule has 8 heteroatoms. The van der Waals surface area contributed by atoms with Gasteiger partial charge in [-0.3, -0.25) is 4.68 Å². The molecule has 8 nitrogen and oxygen atoms in total. The zero-order valence-corrected chi connectivity index (χ0v) is 19.2. The Morgan fingerprint density at radius 2 is 1.78 bits per heavy atom. The van der Waals surface area contributed by atoms with Crippen molar-refractivity contribution in [2.45, 2.75) is 39.4 Å². The monoisotopic (exact) mass is 432 g/mol. The Morgan fingerprint density at radius 3 is 2.53 bits per heavy atom. The van der Waals surface area contributed by atoms with Crippen LogP contribution in [0.5, 0.6) is 0 Å². The number of anilines is 3. The van der Waals surface area contributed by atoms with E-state index in [1.165, 1.54) is 11.1 Å². The van der Waals surface area contributed by atoms with Crippen LogP contribution in [0.3, 0.4) is 0 Å². The summed E-state index contributed by atoms with van der Waals surface area (Å²) in [7, 11) is 2.16. The van der Waals surface area contributed by atoms with E-state index in [9.17, 15) is 0 Å². The number of benzene rings is 1. The largest absolute Gasteiger partial charge is 0.368 e. The number of hydrogen-bond acceptors (Lipinski definition) is 7. The van der Waals surface area contributed by atoms with E-state index in [0.717, 1.165) is 68.6 Å². The summed E-state index contributed by atoms with van der Waals surface area (Å²) in [6, 6.07) is 11.3. The molecule has 32 heavy (non-hydrogen) atoms. The summed E-state index contributed by atoms with van der Waals surface area (Å²) < 4.78 is 1.96. The lowest BCUT2D eigenvalue weighted by molar-refractivity contribution is 0.312. The SMILES string of the molecule is CCn1ccc(-c2ccc3c(c2)CN(c2cc(N4CCN(C)CC4)nc(N)n2)C(C)C3)n1. The van der Waals surface area contributed by atoms with Gasteiger partial charge in [-0.1, -0.05) is 12.1 Å². The molecule has 2 aliphatic rings. The average Bonchev–Trinajstić information content (AvgIpc) is 3.28. The zero-order valence-electron chi connectivity index (χ0n) is 19.2. The molecule has 0 bridgehead atoms. The van der Waals surface area contributed by atoms with Crippen LogP contribution in [0.25, 0.3) is 11.3 Å². The molecule has 0 amide bonds. The second-order valence-electron chi connectivity index (χ2n) is 8.95. The minimum atomic E-state index is 0.335. The van der Waals surface area contributed by atoms with Crippen LogP contribution in [0.4, 0.5) is 17.6 Å². The van der Waals surface area contributed by atoms with Crippen molar-refractivity contribution in [1.82, 2.24) is 24.6 Å². The van der Waals surface area contributed by atoms with Gasteiger partial charge in [0.05, 0.1) is 5.69 Å². The number of fused-ring (bicyclic) bond motifs is 1. The number of hydrogen-bond donors (Lipinski definition) is 1. The number of aryl methyl sites for hydroxylation is 1. The fourth-order valence-corrected chi connectivity index (χ4v) is 4.68. The minimum Gasteiger partial charge on any atom is -0.368 e. The van der Waals surface area contributed by atoms with Gasteiger partial charge >= 0.3 is 0 Å². The van der Waals surface area contributed by atoms with Crippen LogP contribution in [-0.4, -0.2) is 63.9 Å². The summed E-state index contributed by atoms with van der Waals surface area (Å²) >= 11 is 0. The van der Waals surface area contributed by atoms with Gasteiger partial charge in [0.25, 0.3) is 0 Å². The Morgan fingerprint density at radius 1 is 1.00 bits per heavy atom. The molecule has 1 aromatic carbocycles. The number of likely N-dealkylation sites (N-methyl/N-ethyl adjacent to an activating group) is 1. The quantitative estimate of drug-likeness (QED) is 0.679. The van der Waals surface area contributed by atoms with Crippen LogP contribution in [0.15, 0.2) is 36.5 Å². The predicted octanol–water partition coefficient (Wildman–Crippen LogP) is 2.65. The van der Waals surface area contributed by atoms with E-state index in [0.29, 0.717) is 12.0 Å². The predicted molar refractivity (Wildman–Crippen MR) is 129 cm³/mol. The first-order valence-corrected chi connectivity index (χ1v) is 11.5. The molecule has 0 saturated carbocycles. The topological polar surface area (TPSA) is 79.3 Å². The Hall–Kier alpha value is -3.13. The van der Waals surface area contributed by atoms with Gasteiger partial charge in [0.1, 0.15) is 11.6 Å². The summed E-state index contributed by atoms with van der Waals surface area (Å²) in [5.74, 6) is 2.18. The van der Waals surface area contributed by atoms with E-state index in [4.69, 9.17) is 5.73 Å². The first-order chi connectivity index (χ1) is 15.5. The molecule has 0 spiro atoms. The van der Waals surface area contributed by atoms with Crippen LogP contribution in [0.1, 0.15) is 25.0 Å². The number of nitrogen functional groups attached to an aromatic ring is 1. The summed E-state index contributed by atoms with van der Waals surface area (Å²) in [4.78, 5) is 16.2. The molecular weight excluding hydrogens is 400 g/mol. The fourth-order valence-electron chi connectivity index (χ4n) is 4.68. The van der Waals surface area contributed by atoms with E-state index in [-0.39, 0.29) is 0 Å². The number of rotatable bonds is 4. The molecule has 5 rings (SSSR count). The lowest BCUT2D eigenvalue weighted by Gasteiger charge is -2.37. The lowest BCUT2D eigenvalue weighted by atomic mass is 9.92. The smallest absolute Gasteiger partial charge is 0.223 e. The highest BCUT2D eigenvalue weighted by atomic mass is 15.3. The Labute approximate surface area is 189 Å². The Balaban J connectivity index is 1.43. The van der Waals surface area contributed by atoms with Gasteiger partial charge in [-0.2, -0.15) is 15.1 Å².